The largest absolute Gasteiger partial charge is 0.454 e. The quantitative estimate of drug-likeness (QED) is 0.613. The molecule has 0 aliphatic carbocycles. The Morgan fingerprint density at radius 3 is 2.48 bits per heavy atom. The van der Waals surface area contributed by atoms with Crippen LogP contribution in [0.25, 0.3) is 0 Å². The van der Waals surface area contributed by atoms with Crippen molar-refractivity contribution in [3.8, 4) is 0 Å². The Bertz CT molecular complexity index is 1120. The Hall–Kier alpha value is -3.60. The summed E-state index contributed by atoms with van der Waals surface area (Å²) in [7, 11) is 0. The molecular weight excluding hydrogens is 388 g/mol. The van der Waals surface area contributed by atoms with Crippen LogP contribution in [0.5, 0.6) is 0 Å². The van der Waals surface area contributed by atoms with E-state index < -0.39 is 0 Å². The zero-order chi connectivity index (χ0) is 21.2. The minimum Gasteiger partial charge on any atom is -0.454 e. The molecule has 1 saturated heterocycles. The van der Waals surface area contributed by atoms with Crippen LogP contribution in [0.2, 0.25) is 0 Å². The van der Waals surface area contributed by atoms with Gasteiger partial charge in [0.25, 0.3) is 5.91 Å². The van der Waals surface area contributed by atoms with Gasteiger partial charge in [-0.1, -0.05) is 42.5 Å². The number of esters is 1. The van der Waals surface area contributed by atoms with Crippen LogP contribution in [0, 0.1) is 0 Å². The molecule has 1 atom stereocenters. The molecule has 0 radical (unpaired) electrons. The van der Waals surface area contributed by atoms with E-state index in [1.165, 1.54) is 12.8 Å². The molecule has 2 aliphatic rings. The van der Waals surface area contributed by atoms with Crippen LogP contribution < -0.4 is 10.2 Å². The molecule has 5 nitrogen and oxygen atoms in total. The van der Waals surface area contributed by atoms with Crippen LogP contribution >= 0.6 is 0 Å². The molecule has 1 fully saturated rings. The number of benzene rings is 3. The van der Waals surface area contributed by atoms with Gasteiger partial charge in [-0.25, -0.2) is 4.79 Å². The average molecular weight is 412 g/mol. The first-order valence-electron chi connectivity index (χ1n) is 10.7. The van der Waals surface area contributed by atoms with E-state index in [2.05, 4.69) is 10.2 Å². The number of carbonyl (C=O) groups is 2. The highest BCUT2D eigenvalue weighted by Gasteiger charge is 2.28. The highest BCUT2D eigenvalue weighted by molar-refractivity contribution is 6.06. The lowest BCUT2D eigenvalue weighted by atomic mass is 9.93. The van der Waals surface area contributed by atoms with Crippen molar-refractivity contribution in [3.05, 3.63) is 95.1 Å². The second-order valence-electron chi connectivity index (χ2n) is 8.05. The number of fused-ring (bicyclic) bond motifs is 1. The standard InChI is InChI=1S/C26H24N2O3/c29-25(27-22-10-4-5-11-23(22)28-14-6-7-15-28)19-12-13-21-20(16-19)17-24(31-26(21)30)18-8-2-1-3-9-18/h1-5,8-13,16,24H,6-7,14-15,17H2,(H,27,29). The summed E-state index contributed by atoms with van der Waals surface area (Å²) in [6, 6.07) is 22.8. The molecule has 5 rings (SSSR count). The molecular formula is C26H24N2O3. The van der Waals surface area contributed by atoms with Crippen LogP contribution in [0.15, 0.2) is 72.8 Å². The molecule has 1 unspecified atom stereocenters. The first kappa shape index (κ1) is 19.4. The third kappa shape index (κ3) is 3.91. The number of rotatable bonds is 4. The third-order valence-corrected chi connectivity index (χ3v) is 6.01. The Morgan fingerprint density at radius 1 is 0.935 bits per heavy atom. The van der Waals surface area contributed by atoms with Gasteiger partial charge in [-0.15, -0.1) is 0 Å². The van der Waals surface area contributed by atoms with Gasteiger partial charge < -0.3 is 15.0 Å². The number of anilines is 2. The van der Waals surface area contributed by atoms with Gasteiger partial charge in [0, 0.05) is 25.1 Å². The molecule has 156 valence electrons. The Kier molecular flexibility index (Phi) is 5.16. The normalized spacial score (nSPS) is 17.7. The van der Waals surface area contributed by atoms with Crippen molar-refractivity contribution in [1.29, 1.82) is 0 Å². The van der Waals surface area contributed by atoms with E-state index in [0.717, 1.165) is 35.6 Å². The number of cyclic esters (lactones) is 1. The lowest BCUT2D eigenvalue weighted by molar-refractivity contribution is 0.0252. The molecule has 1 amide bonds. The maximum atomic E-state index is 13.1. The predicted molar refractivity (Wildman–Crippen MR) is 121 cm³/mol. The molecule has 3 aromatic carbocycles. The average Bonchev–Trinajstić information content (AvgIpc) is 3.34. The van der Waals surface area contributed by atoms with Gasteiger partial charge in [-0.05, 0) is 54.3 Å². The zero-order valence-corrected chi connectivity index (χ0v) is 17.2. The molecule has 5 heteroatoms. The van der Waals surface area contributed by atoms with E-state index in [0.29, 0.717) is 17.5 Å². The van der Waals surface area contributed by atoms with Crippen LogP contribution in [-0.2, 0) is 11.2 Å². The van der Waals surface area contributed by atoms with Crippen molar-refractivity contribution in [3.63, 3.8) is 0 Å². The summed E-state index contributed by atoms with van der Waals surface area (Å²) in [5.74, 6) is -0.522. The maximum Gasteiger partial charge on any atom is 0.339 e. The van der Waals surface area contributed by atoms with Crippen LogP contribution in [0.4, 0.5) is 11.4 Å². The Balaban J connectivity index is 1.39. The van der Waals surface area contributed by atoms with Crippen molar-refractivity contribution in [1.82, 2.24) is 0 Å². The zero-order valence-electron chi connectivity index (χ0n) is 17.2. The summed E-state index contributed by atoms with van der Waals surface area (Å²) in [6.45, 7) is 2.02. The predicted octanol–water partition coefficient (Wildman–Crippen LogP) is 4.99. The summed E-state index contributed by atoms with van der Waals surface area (Å²) in [4.78, 5) is 27.9. The SMILES string of the molecule is O=C(Nc1ccccc1N1CCCC1)c1ccc2c(c1)CC(c1ccccc1)OC2=O. The third-order valence-electron chi connectivity index (χ3n) is 6.01. The molecule has 0 aromatic heterocycles. The first-order chi connectivity index (χ1) is 15.2. The van der Waals surface area contributed by atoms with E-state index in [-0.39, 0.29) is 18.0 Å². The van der Waals surface area contributed by atoms with Crippen LogP contribution in [-0.4, -0.2) is 25.0 Å². The molecule has 31 heavy (non-hydrogen) atoms. The summed E-state index contributed by atoms with van der Waals surface area (Å²) >= 11 is 0. The monoisotopic (exact) mass is 412 g/mol. The fourth-order valence-corrected chi connectivity index (χ4v) is 4.40. The smallest absolute Gasteiger partial charge is 0.339 e. The second kappa shape index (κ2) is 8.26. The Labute approximate surface area is 181 Å². The van der Waals surface area contributed by atoms with E-state index >= 15 is 0 Å². The Morgan fingerprint density at radius 2 is 1.68 bits per heavy atom. The topological polar surface area (TPSA) is 58.6 Å². The molecule has 3 aromatic rings. The minimum absolute atomic E-state index is 0.176. The lowest BCUT2D eigenvalue weighted by Crippen LogP contribution is -2.23. The number of amides is 1. The molecule has 2 heterocycles. The molecule has 0 bridgehead atoms. The highest BCUT2D eigenvalue weighted by atomic mass is 16.5. The number of para-hydroxylation sites is 2. The van der Waals surface area contributed by atoms with Crippen LogP contribution in [0.3, 0.4) is 0 Å². The summed E-state index contributed by atoms with van der Waals surface area (Å²) < 4.78 is 5.62. The van der Waals surface area contributed by atoms with Crippen molar-refractivity contribution in [2.24, 2.45) is 0 Å². The molecule has 0 saturated carbocycles. The van der Waals surface area contributed by atoms with E-state index in [1.807, 2.05) is 60.7 Å². The van der Waals surface area contributed by atoms with Gasteiger partial charge in [0.2, 0.25) is 0 Å². The fraction of sp³-hybridized carbons (Fsp3) is 0.231. The summed E-state index contributed by atoms with van der Waals surface area (Å²) in [5.41, 5.74) is 4.73. The van der Waals surface area contributed by atoms with Crippen molar-refractivity contribution >= 4 is 23.3 Å². The number of ether oxygens (including phenoxy) is 1. The van der Waals surface area contributed by atoms with Gasteiger partial charge >= 0.3 is 5.97 Å². The number of nitrogens with zero attached hydrogens (tertiary/aromatic N) is 1. The van der Waals surface area contributed by atoms with E-state index in [4.69, 9.17) is 4.74 Å². The maximum absolute atomic E-state index is 13.1. The molecule has 2 aliphatic heterocycles. The summed E-state index contributed by atoms with van der Waals surface area (Å²) in [5, 5.41) is 3.07. The van der Waals surface area contributed by atoms with Gasteiger partial charge in [0.1, 0.15) is 6.10 Å². The number of nitrogens with one attached hydrogen (secondary N) is 1. The first-order valence-corrected chi connectivity index (χ1v) is 10.7. The lowest BCUT2D eigenvalue weighted by Gasteiger charge is -2.25. The van der Waals surface area contributed by atoms with Crippen molar-refractivity contribution in [2.45, 2.75) is 25.4 Å². The van der Waals surface area contributed by atoms with Crippen molar-refractivity contribution in [2.75, 3.05) is 23.3 Å². The van der Waals surface area contributed by atoms with Gasteiger partial charge in [0.05, 0.1) is 16.9 Å². The number of hydrogen-bond donors (Lipinski definition) is 1. The molecule has 0 spiro atoms. The van der Waals surface area contributed by atoms with E-state index in [1.54, 1.807) is 12.1 Å². The van der Waals surface area contributed by atoms with Crippen LogP contribution in [0.1, 0.15) is 50.8 Å². The van der Waals surface area contributed by atoms with E-state index in [9.17, 15) is 9.59 Å². The number of hydrogen-bond acceptors (Lipinski definition) is 4. The molecule has 1 N–H and O–H groups in total. The van der Waals surface area contributed by atoms with Gasteiger partial charge in [-0.2, -0.15) is 0 Å². The van der Waals surface area contributed by atoms with Gasteiger partial charge in [0.15, 0.2) is 0 Å². The minimum atomic E-state index is -0.346. The highest BCUT2D eigenvalue weighted by Crippen LogP contribution is 2.32. The van der Waals surface area contributed by atoms with Gasteiger partial charge in [-0.3, -0.25) is 4.79 Å². The second-order valence-corrected chi connectivity index (χ2v) is 8.05. The van der Waals surface area contributed by atoms with Crippen molar-refractivity contribution < 1.29 is 14.3 Å². The number of carbonyl (C=O) groups excluding carboxylic acids is 2. The summed E-state index contributed by atoms with van der Waals surface area (Å²) in [6.07, 6.45) is 2.56. The fourth-order valence-electron chi connectivity index (χ4n) is 4.40.